The number of ether oxygens (including phenoxy) is 7. The SMILES string of the molecule is CCCCCCCCOc1cccc(-c2cn(C[C@H]3O[C@H](O[C@H]4O[C@H](Cn5cc(-c6cccc(OCCCCCCCC)c6OCCCCCCCC)nn5)[C@@H](O)[C@H](O)[C@H]4O)[C@H](O)[C@@H](O)[C@@H]3O)nn2)c1OCCCCCCCC. The number of aliphatic hydroxyl groups is 6. The van der Waals surface area contributed by atoms with Crippen molar-refractivity contribution in [1.82, 2.24) is 30.0 Å². The summed E-state index contributed by atoms with van der Waals surface area (Å²) in [5.74, 6) is 2.39. The number of rotatable bonds is 40. The van der Waals surface area contributed by atoms with Crippen LogP contribution in [0, 0.1) is 0 Å². The van der Waals surface area contributed by atoms with Gasteiger partial charge in [-0.3, -0.25) is 0 Å². The number of hydrogen-bond donors (Lipinski definition) is 6. The van der Waals surface area contributed by atoms with Crippen LogP contribution < -0.4 is 18.9 Å². The summed E-state index contributed by atoms with van der Waals surface area (Å²) >= 11 is 0. The van der Waals surface area contributed by atoms with Crippen molar-refractivity contribution in [3.63, 3.8) is 0 Å². The molecule has 0 saturated carbocycles. The van der Waals surface area contributed by atoms with E-state index in [-0.39, 0.29) is 13.1 Å². The molecule has 79 heavy (non-hydrogen) atoms. The predicted octanol–water partition coefficient (Wildman–Crippen LogP) is 9.49. The number of para-hydroxylation sites is 2. The predicted molar refractivity (Wildman–Crippen MR) is 301 cm³/mol. The number of unbranched alkanes of at least 4 members (excludes halogenated alkanes) is 20. The number of nitrogens with zero attached hydrogens (tertiary/aromatic N) is 6. The normalized spacial score (nSPS) is 23.3. The van der Waals surface area contributed by atoms with Gasteiger partial charge in [0.1, 0.15) is 60.2 Å². The second-order valence-corrected chi connectivity index (χ2v) is 21.5. The fourth-order valence-corrected chi connectivity index (χ4v) is 10.1. The highest BCUT2D eigenvalue weighted by atomic mass is 16.8. The lowest BCUT2D eigenvalue weighted by Gasteiger charge is -2.45. The monoisotopic (exact) mass is 1110 g/mol. The van der Waals surface area contributed by atoms with E-state index in [1.807, 2.05) is 36.4 Å². The molecule has 19 heteroatoms. The Hall–Kier alpha value is -4.44. The first-order chi connectivity index (χ1) is 38.6. The van der Waals surface area contributed by atoms with Crippen molar-refractivity contribution >= 4 is 0 Å². The second kappa shape index (κ2) is 35.4. The average Bonchev–Trinajstić information content (AvgIpc) is 4.20. The maximum Gasteiger partial charge on any atom is 0.189 e. The topological polar surface area (TPSA) is 247 Å². The van der Waals surface area contributed by atoms with Gasteiger partial charge in [0.2, 0.25) is 0 Å². The van der Waals surface area contributed by atoms with Crippen molar-refractivity contribution < 1.29 is 63.8 Å². The van der Waals surface area contributed by atoms with Crippen LogP contribution in [0.4, 0.5) is 0 Å². The van der Waals surface area contributed by atoms with Crippen LogP contribution in [0.1, 0.15) is 182 Å². The summed E-state index contributed by atoms with van der Waals surface area (Å²) in [6.45, 7) is 10.7. The van der Waals surface area contributed by atoms with E-state index in [4.69, 9.17) is 33.2 Å². The molecule has 4 heterocycles. The molecule has 19 nitrogen and oxygen atoms in total. The molecule has 2 fully saturated rings. The van der Waals surface area contributed by atoms with Gasteiger partial charge < -0.3 is 63.8 Å². The van der Waals surface area contributed by atoms with Gasteiger partial charge in [-0.2, -0.15) is 0 Å². The molecule has 2 aromatic carbocycles. The van der Waals surface area contributed by atoms with E-state index in [2.05, 4.69) is 48.3 Å². The largest absolute Gasteiger partial charge is 0.490 e. The Morgan fingerprint density at radius 3 is 1.09 bits per heavy atom. The molecular weight excluding hydrogens is 1010 g/mol. The highest BCUT2D eigenvalue weighted by Crippen LogP contribution is 2.40. The van der Waals surface area contributed by atoms with Crippen LogP contribution in [0.15, 0.2) is 48.8 Å². The molecule has 2 aromatic heterocycles. The van der Waals surface area contributed by atoms with Gasteiger partial charge in [0, 0.05) is 11.1 Å². The molecule has 0 radical (unpaired) electrons. The lowest BCUT2D eigenvalue weighted by atomic mass is 9.97. The first-order valence-corrected chi connectivity index (χ1v) is 30.2. The van der Waals surface area contributed by atoms with Gasteiger partial charge >= 0.3 is 0 Å². The molecule has 0 amide bonds. The van der Waals surface area contributed by atoms with Crippen molar-refractivity contribution in [1.29, 1.82) is 0 Å². The second-order valence-electron chi connectivity index (χ2n) is 21.5. The molecule has 4 aromatic rings. The Bertz CT molecular complexity index is 2110. The molecule has 6 rings (SSSR count). The lowest BCUT2D eigenvalue weighted by Crippen LogP contribution is -2.63. The summed E-state index contributed by atoms with van der Waals surface area (Å²) in [5, 5.41) is 84.5. The summed E-state index contributed by atoms with van der Waals surface area (Å²) in [4.78, 5) is 0. The van der Waals surface area contributed by atoms with E-state index in [1.54, 1.807) is 12.4 Å². The van der Waals surface area contributed by atoms with E-state index in [0.29, 0.717) is 71.9 Å². The molecule has 6 N–H and O–H groups in total. The third kappa shape index (κ3) is 19.9. The molecular formula is C60H96N6O13. The van der Waals surface area contributed by atoms with Crippen LogP contribution >= 0.6 is 0 Å². The van der Waals surface area contributed by atoms with Crippen LogP contribution in [-0.2, 0) is 27.3 Å². The standard InChI is InChI=1S/C60H96N6O13/c1-5-9-13-17-21-25-35-73-47-33-29-31-43(57(47)75-37-27-23-19-15-11-7-3)45-39-65(63-61-45)41-49-51(67)53(69)55(71)59(77-49)79-60-56(72)54(70)52(68)50(78-60)42-66-40-46(62-64-66)44-32-30-34-48(74-36-26-22-18-14-10-6-2)58(44)76-38-28-24-20-16-12-8-4/h29-34,39-40,49-56,59-60,67-72H,5-28,35-38,41-42H2,1-4H3/t49-,50-,51-,52-,53+,54+,55-,56-,59-,60-/m1/s1. The molecule has 0 unspecified atom stereocenters. The summed E-state index contributed by atoms with van der Waals surface area (Å²) in [6, 6.07) is 11.4. The van der Waals surface area contributed by atoms with Crippen LogP contribution in [0.5, 0.6) is 23.0 Å². The Kier molecular flexibility index (Phi) is 28.6. The Morgan fingerprint density at radius 1 is 0.405 bits per heavy atom. The maximum absolute atomic E-state index is 11.2. The van der Waals surface area contributed by atoms with Crippen molar-refractivity contribution in [2.24, 2.45) is 0 Å². The lowest BCUT2D eigenvalue weighted by molar-refractivity contribution is -0.375. The molecule has 444 valence electrons. The van der Waals surface area contributed by atoms with Gasteiger partial charge in [0.05, 0.1) is 51.9 Å². The van der Waals surface area contributed by atoms with Gasteiger partial charge in [0.15, 0.2) is 35.6 Å². The number of aliphatic hydroxyl groups excluding tert-OH is 6. The Balaban J connectivity index is 1.11. The van der Waals surface area contributed by atoms with Crippen molar-refractivity contribution in [3.8, 4) is 45.5 Å². The van der Waals surface area contributed by atoms with Crippen LogP contribution in [-0.4, -0.2) is 148 Å². The number of benzene rings is 2. The Morgan fingerprint density at radius 2 is 0.734 bits per heavy atom. The van der Waals surface area contributed by atoms with Gasteiger partial charge in [-0.05, 0) is 49.9 Å². The van der Waals surface area contributed by atoms with E-state index in [9.17, 15) is 30.6 Å². The van der Waals surface area contributed by atoms with Crippen molar-refractivity contribution in [2.75, 3.05) is 26.4 Å². The molecule has 10 atom stereocenters. The molecule has 0 spiro atoms. The first-order valence-electron chi connectivity index (χ1n) is 30.2. The average molecular weight is 1110 g/mol. The maximum atomic E-state index is 11.2. The first kappa shape index (κ1) is 63.7. The van der Waals surface area contributed by atoms with E-state index in [0.717, 1.165) is 64.2 Å². The molecule has 0 bridgehead atoms. The molecule has 2 aliphatic rings. The highest BCUT2D eigenvalue weighted by Gasteiger charge is 2.50. The summed E-state index contributed by atoms with van der Waals surface area (Å²) in [5.41, 5.74) is 2.32. The zero-order valence-corrected chi connectivity index (χ0v) is 47.8. The van der Waals surface area contributed by atoms with Crippen LogP contribution in [0.2, 0.25) is 0 Å². The number of aromatic nitrogens is 6. The zero-order chi connectivity index (χ0) is 56.2. The van der Waals surface area contributed by atoms with Gasteiger partial charge in [-0.15, -0.1) is 10.2 Å². The molecule has 2 aliphatic heterocycles. The van der Waals surface area contributed by atoms with Crippen LogP contribution in [0.25, 0.3) is 22.5 Å². The third-order valence-corrected chi connectivity index (χ3v) is 14.9. The van der Waals surface area contributed by atoms with Gasteiger partial charge in [-0.1, -0.05) is 179 Å². The minimum atomic E-state index is -1.80. The number of hydrogen-bond acceptors (Lipinski definition) is 17. The van der Waals surface area contributed by atoms with Gasteiger partial charge in [0.25, 0.3) is 0 Å². The smallest absolute Gasteiger partial charge is 0.189 e. The summed E-state index contributed by atoms with van der Waals surface area (Å²) in [7, 11) is 0. The Labute approximate surface area is 469 Å². The zero-order valence-electron chi connectivity index (χ0n) is 47.8. The molecule has 0 aliphatic carbocycles. The van der Waals surface area contributed by atoms with Crippen LogP contribution in [0.3, 0.4) is 0 Å². The van der Waals surface area contributed by atoms with E-state index >= 15 is 0 Å². The van der Waals surface area contributed by atoms with Gasteiger partial charge in [-0.25, -0.2) is 9.36 Å². The van der Waals surface area contributed by atoms with E-state index in [1.165, 1.54) is 99.3 Å². The minimum absolute atomic E-state index is 0.132. The third-order valence-electron chi connectivity index (χ3n) is 14.9. The minimum Gasteiger partial charge on any atom is -0.490 e. The fraction of sp³-hybridized carbons (Fsp3) is 0.733. The van der Waals surface area contributed by atoms with Crippen molar-refractivity contribution in [2.45, 2.75) is 256 Å². The van der Waals surface area contributed by atoms with E-state index < -0.39 is 61.4 Å². The van der Waals surface area contributed by atoms with Crippen molar-refractivity contribution in [3.05, 3.63) is 48.8 Å². The quantitative estimate of drug-likeness (QED) is 0.0227. The molecule has 2 saturated heterocycles. The highest BCUT2D eigenvalue weighted by molar-refractivity contribution is 5.71. The summed E-state index contributed by atoms with van der Waals surface area (Å²) < 4.78 is 46.5. The fourth-order valence-electron chi connectivity index (χ4n) is 10.1. The summed E-state index contributed by atoms with van der Waals surface area (Å²) in [6.07, 6.45) is 14.4.